The van der Waals surface area contributed by atoms with Crippen molar-refractivity contribution >= 4 is 69.2 Å². The summed E-state index contributed by atoms with van der Waals surface area (Å²) in [6.07, 6.45) is 2.52. The van der Waals surface area contributed by atoms with Gasteiger partial charge in [0.25, 0.3) is 5.03 Å². The molecule has 0 aliphatic rings. The van der Waals surface area contributed by atoms with Crippen LogP contribution in [-0.4, -0.2) is 18.0 Å². The molecule has 0 fully saturated rings. The number of halogens is 6. The number of nitrogens with zero attached hydrogens (tertiary/aromatic N) is 2. The summed E-state index contributed by atoms with van der Waals surface area (Å²) in [4.78, 5) is 3.77. The van der Waals surface area contributed by atoms with Crippen LogP contribution in [0.2, 0.25) is 15.1 Å². The Labute approximate surface area is 141 Å². The second-order valence-electron chi connectivity index (χ2n) is 3.55. The van der Waals surface area contributed by atoms with E-state index in [9.17, 15) is 8.94 Å². The first-order valence-corrected chi connectivity index (χ1v) is 7.91. The molecule has 1 aromatic carbocycles. The fourth-order valence-electron chi connectivity index (χ4n) is 1.42. The van der Waals surface area contributed by atoms with Crippen molar-refractivity contribution in [2.75, 3.05) is 0 Å². The molecule has 1 aromatic heterocycles. The lowest BCUT2D eigenvalue weighted by Crippen LogP contribution is -2.21. The molecule has 1 unspecified atom stereocenters. The fourth-order valence-corrected chi connectivity index (χ4v) is 3.50. The van der Waals surface area contributed by atoms with E-state index in [1.165, 1.54) is 29.2 Å². The summed E-state index contributed by atoms with van der Waals surface area (Å²) in [6, 6.07) is 2.95. The molecule has 0 saturated heterocycles. The molecule has 3 nitrogen and oxygen atoms in total. The highest BCUT2D eigenvalue weighted by molar-refractivity contribution is 7.95. The Morgan fingerprint density at radius 2 is 1.75 bits per heavy atom. The van der Waals surface area contributed by atoms with Gasteiger partial charge in [-0.05, 0) is 35.3 Å². The van der Waals surface area contributed by atoms with Crippen LogP contribution in [0.15, 0.2) is 29.7 Å². The van der Waals surface area contributed by atoms with E-state index in [1.54, 1.807) is 0 Å². The maximum atomic E-state index is 13.2. The standard InChI is InChI=1S/C10H4Cl5FN2OS/c11-5-1-6(12)9(7(13)2-5)18-3-8(17-4-18)20(19)10(14,15)16/h1-4H. The number of imidazole rings is 1. The van der Waals surface area contributed by atoms with Crippen LogP contribution < -0.4 is 0 Å². The largest absolute Gasteiger partial charge is 0.606 e. The second-order valence-corrected chi connectivity index (χ2v) is 8.00. The van der Waals surface area contributed by atoms with Gasteiger partial charge in [-0.1, -0.05) is 34.8 Å². The molecule has 10 heteroatoms. The number of hydrogen-bond acceptors (Lipinski definition) is 2. The molecule has 1 atom stereocenters. The van der Waals surface area contributed by atoms with Crippen LogP contribution in [0.25, 0.3) is 5.69 Å². The summed E-state index contributed by atoms with van der Waals surface area (Å²) in [6.45, 7) is 0. The third-order valence-electron chi connectivity index (χ3n) is 2.20. The Kier molecular flexibility index (Phi) is 5.02. The lowest BCUT2D eigenvalue weighted by Gasteiger charge is -2.12. The van der Waals surface area contributed by atoms with E-state index >= 15 is 0 Å². The SMILES string of the molecule is [O-][S+](c1cn(-c2c(Cl)cc(Cl)cc2Cl)cn1)C(F)(Cl)Cl. The van der Waals surface area contributed by atoms with Gasteiger partial charge >= 0.3 is 3.92 Å². The van der Waals surface area contributed by atoms with Gasteiger partial charge in [0.2, 0.25) is 0 Å². The molecule has 0 aliphatic heterocycles. The van der Waals surface area contributed by atoms with Gasteiger partial charge in [0, 0.05) is 5.02 Å². The van der Waals surface area contributed by atoms with Crippen LogP contribution in [0, 0.1) is 0 Å². The third-order valence-corrected chi connectivity index (χ3v) is 4.85. The molecule has 0 bridgehead atoms. The van der Waals surface area contributed by atoms with Crippen molar-refractivity contribution in [3.05, 3.63) is 39.7 Å². The molecule has 0 saturated carbocycles. The molecule has 0 amide bonds. The molecule has 2 rings (SSSR count). The Morgan fingerprint density at radius 1 is 1.20 bits per heavy atom. The van der Waals surface area contributed by atoms with Crippen LogP contribution in [0.5, 0.6) is 0 Å². The van der Waals surface area contributed by atoms with Crippen LogP contribution in [0.3, 0.4) is 0 Å². The molecule has 108 valence electrons. The number of benzene rings is 1. The maximum Gasteiger partial charge on any atom is 0.425 e. The third kappa shape index (κ3) is 3.47. The molecule has 0 N–H and O–H groups in total. The summed E-state index contributed by atoms with van der Waals surface area (Å²) < 4.78 is 23.3. The van der Waals surface area contributed by atoms with Gasteiger partial charge in [0.1, 0.15) is 6.33 Å². The van der Waals surface area contributed by atoms with Crippen LogP contribution in [0.1, 0.15) is 0 Å². The van der Waals surface area contributed by atoms with E-state index in [2.05, 4.69) is 4.98 Å². The minimum atomic E-state index is -2.94. The Bertz CT molecular complexity index is 622. The van der Waals surface area contributed by atoms with E-state index in [4.69, 9.17) is 58.0 Å². The average molecular weight is 396 g/mol. The highest BCUT2D eigenvalue weighted by Crippen LogP contribution is 2.36. The smallest absolute Gasteiger partial charge is 0.425 e. The minimum absolute atomic E-state index is 0.153. The van der Waals surface area contributed by atoms with Gasteiger partial charge in [0.15, 0.2) is 0 Å². The molecule has 0 radical (unpaired) electrons. The molecule has 2 aromatic rings. The van der Waals surface area contributed by atoms with Crippen LogP contribution in [-0.2, 0) is 11.2 Å². The monoisotopic (exact) mass is 394 g/mol. The summed E-state index contributed by atoms with van der Waals surface area (Å²) >= 11 is 25.8. The van der Waals surface area contributed by atoms with Crippen LogP contribution >= 0.6 is 58.0 Å². The molecule has 0 aliphatic carbocycles. The van der Waals surface area contributed by atoms with Crippen molar-refractivity contribution in [3.63, 3.8) is 0 Å². The topological polar surface area (TPSA) is 40.9 Å². The summed E-state index contributed by atoms with van der Waals surface area (Å²) in [5.41, 5.74) is 0.363. The summed E-state index contributed by atoms with van der Waals surface area (Å²) in [5, 5.41) is 0.706. The van der Waals surface area contributed by atoms with Crippen molar-refractivity contribution in [1.29, 1.82) is 0 Å². The predicted molar refractivity (Wildman–Crippen MR) is 80.5 cm³/mol. The number of hydrogen-bond donors (Lipinski definition) is 0. The molecule has 20 heavy (non-hydrogen) atoms. The molecular weight excluding hydrogens is 392 g/mol. The zero-order valence-corrected chi connectivity index (χ0v) is 13.9. The highest BCUT2D eigenvalue weighted by Gasteiger charge is 2.41. The lowest BCUT2D eigenvalue weighted by molar-refractivity contribution is 0.467. The summed E-state index contributed by atoms with van der Waals surface area (Å²) in [7, 11) is 0. The summed E-state index contributed by atoms with van der Waals surface area (Å²) in [5.74, 6) is 0. The Hall–Kier alpha value is 0.120. The van der Waals surface area contributed by atoms with Gasteiger partial charge in [-0.2, -0.15) is 9.37 Å². The van der Waals surface area contributed by atoms with E-state index in [1.807, 2.05) is 0 Å². The first-order valence-electron chi connectivity index (χ1n) is 4.87. The predicted octanol–water partition coefficient (Wildman–Crippen LogP) is 5.00. The molecular formula is C10H4Cl5FN2OS. The van der Waals surface area contributed by atoms with E-state index in [0.717, 1.165) is 0 Å². The zero-order chi connectivity index (χ0) is 15.1. The molecule has 1 heterocycles. The number of aromatic nitrogens is 2. The van der Waals surface area contributed by atoms with Crippen molar-refractivity contribution in [2.45, 2.75) is 8.95 Å². The van der Waals surface area contributed by atoms with Crippen molar-refractivity contribution in [2.24, 2.45) is 0 Å². The van der Waals surface area contributed by atoms with Crippen molar-refractivity contribution in [3.8, 4) is 5.69 Å². The van der Waals surface area contributed by atoms with E-state index < -0.39 is 15.1 Å². The average Bonchev–Trinajstić information content (AvgIpc) is 2.74. The van der Waals surface area contributed by atoms with Crippen molar-refractivity contribution < 1.29 is 8.94 Å². The van der Waals surface area contributed by atoms with Gasteiger partial charge in [-0.25, -0.2) is 0 Å². The highest BCUT2D eigenvalue weighted by atomic mass is 35.5. The quantitative estimate of drug-likeness (QED) is 0.541. The number of rotatable bonds is 3. The van der Waals surface area contributed by atoms with E-state index in [0.29, 0.717) is 10.7 Å². The maximum absolute atomic E-state index is 13.2. The van der Waals surface area contributed by atoms with Crippen molar-refractivity contribution in [1.82, 2.24) is 9.55 Å². The Balaban J connectivity index is 2.44. The van der Waals surface area contributed by atoms with Gasteiger partial charge < -0.3 is 4.55 Å². The van der Waals surface area contributed by atoms with Gasteiger partial charge in [-0.3, -0.25) is 4.57 Å². The van der Waals surface area contributed by atoms with Gasteiger partial charge in [0.05, 0.1) is 33.1 Å². The Morgan fingerprint density at radius 3 is 2.25 bits per heavy atom. The number of alkyl halides is 3. The van der Waals surface area contributed by atoms with Crippen LogP contribution in [0.4, 0.5) is 4.39 Å². The minimum Gasteiger partial charge on any atom is -0.606 e. The zero-order valence-electron chi connectivity index (χ0n) is 9.29. The first kappa shape index (κ1) is 16.5. The normalized spacial score (nSPS) is 13.6. The lowest BCUT2D eigenvalue weighted by atomic mass is 10.3. The fraction of sp³-hybridized carbons (Fsp3) is 0.100. The second kappa shape index (κ2) is 6.08. The van der Waals surface area contributed by atoms with E-state index in [-0.39, 0.29) is 15.1 Å². The molecule has 0 spiro atoms. The first-order chi connectivity index (χ1) is 9.20. The van der Waals surface area contributed by atoms with Gasteiger partial charge in [-0.15, -0.1) is 0 Å².